The summed E-state index contributed by atoms with van der Waals surface area (Å²) >= 11 is 11.8. The Hall–Kier alpha value is -0.730. The summed E-state index contributed by atoms with van der Waals surface area (Å²) in [5, 5.41) is 6.34. The van der Waals surface area contributed by atoms with Gasteiger partial charge in [-0.2, -0.15) is 13.2 Å². The highest BCUT2D eigenvalue weighted by molar-refractivity contribution is 6.35. The van der Waals surface area contributed by atoms with Gasteiger partial charge in [0.1, 0.15) is 6.04 Å². The summed E-state index contributed by atoms with van der Waals surface area (Å²) < 4.78 is 39.8. The maximum absolute atomic E-state index is 13.3. The van der Waals surface area contributed by atoms with E-state index in [0.717, 1.165) is 5.56 Å². The number of benzene rings is 1. The van der Waals surface area contributed by atoms with Crippen LogP contribution in [0.25, 0.3) is 0 Å². The number of hydrogen-bond donors (Lipinski definition) is 2. The molecule has 0 saturated carbocycles. The molecular weight excluding hydrogens is 414 g/mol. The van der Waals surface area contributed by atoms with E-state index in [1.165, 1.54) is 4.90 Å². The Labute approximate surface area is 166 Å². The maximum Gasteiger partial charge on any atom is 0.405 e. The molecular formula is C16H21Cl3F3N3O. The topological polar surface area (TPSA) is 44.4 Å². The highest BCUT2D eigenvalue weighted by Gasteiger charge is 2.43. The first-order valence-corrected chi connectivity index (χ1v) is 8.75. The third-order valence-corrected chi connectivity index (χ3v) is 4.69. The lowest BCUT2D eigenvalue weighted by Gasteiger charge is -2.35. The summed E-state index contributed by atoms with van der Waals surface area (Å²) in [5.74, 6) is -0.435. The lowest BCUT2D eigenvalue weighted by Crippen LogP contribution is -2.57. The molecule has 148 valence electrons. The van der Waals surface area contributed by atoms with Gasteiger partial charge < -0.3 is 10.6 Å². The predicted octanol–water partition coefficient (Wildman–Crippen LogP) is 3.30. The SMILES string of the molecule is Cl.O=C(CCc1ccc(Cl)cc1Cl)NCC(N1CCNCC1)C(F)(F)F. The monoisotopic (exact) mass is 433 g/mol. The van der Waals surface area contributed by atoms with Crippen LogP contribution in [0.1, 0.15) is 12.0 Å². The molecule has 1 unspecified atom stereocenters. The summed E-state index contributed by atoms with van der Waals surface area (Å²) in [6, 6.07) is 3.26. The Morgan fingerprint density at radius 2 is 1.92 bits per heavy atom. The predicted molar refractivity (Wildman–Crippen MR) is 99.3 cm³/mol. The molecule has 0 radical (unpaired) electrons. The van der Waals surface area contributed by atoms with Crippen molar-refractivity contribution in [3.8, 4) is 0 Å². The standard InChI is InChI=1S/C16H20Cl2F3N3O.ClH/c17-12-3-1-11(13(18)9-12)2-4-15(25)23-10-14(16(19,20)21)24-7-5-22-6-8-24;/h1,3,9,14,22H,2,4-8,10H2,(H,23,25);1H. The molecule has 1 atom stereocenters. The molecule has 0 spiro atoms. The normalized spacial score (nSPS) is 16.7. The molecule has 1 aromatic carbocycles. The summed E-state index contributed by atoms with van der Waals surface area (Å²) in [5.41, 5.74) is 0.732. The number of alkyl halides is 3. The van der Waals surface area contributed by atoms with Crippen LogP contribution in [0.4, 0.5) is 13.2 Å². The van der Waals surface area contributed by atoms with Crippen LogP contribution in [-0.4, -0.2) is 55.7 Å². The molecule has 10 heteroatoms. The number of aryl methyl sites for hydroxylation is 1. The number of carbonyl (C=O) groups is 1. The van der Waals surface area contributed by atoms with E-state index in [-0.39, 0.29) is 18.8 Å². The van der Waals surface area contributed by atoms with Gasteiger partial charge in [-0.1, -0.05) is 29.3 Å². The maximum atomic E-state index is 13.3. The second-order valence-electron chi connectivity index (χ2n) is 5.88. The number of halogens is 6. The first kappa shape index (κ1) is 23.3. The number of rotatable bonds is 6. The number of nitrogens with zero attached hydrogens (tertiary/aromatic N) is 1. The van der Waals surface area contributed by atoms with E-state index in [4.69, 9.17) is 23.2 Å². The number of piperazine rings is 1. The zero-order chi connectivity index (χ0) is 18.4. The van der Waals surface area contributed by atoms with Gasteiger partial charge in [-0.25, -0.2) is 0 Å². The average molecular weight is 435 g/mol. The largest absolute Gasteiger partial charge is 0.405 e. The van der Waals surface area contributed by atoms with Crippen molar-refractivity contribution in [2.45, 2.75) is 25.1 Å². The molecule has 1 aliphatic rings. The van der Waals surface area contributed by atoms with Crippen LogP contribution in [0.15, 0.2) is 18.2 Å². The Morgan fingerprint density at radius 1 is 1.27 bits per heavy atom. The van der Waals surface area contributed by atoms with Gasteiger partial charge in [-0.15, -0.1) is 12.4 Å². The van der Waals surface area contributed by atoms with Crippen molar-refractivity contribution in [1.29, 1.82) is 0 Å². The van der Waals surface area contributed by atoms with E-state index in [1.54, 1.807) is 18.2 Å². The van der Waals surface area contributed by atoms with Gasteiger partial charge in [0.25, 0.3) is 0 Å². The van der Waals surface area contributed by atoms with E-state index in [9.17, 15) is 18.0 Å². The summed E-state index contributed by atoms with van der Waals surface area (Å²) in [7, 11) is 0. The van der Waals surface area contributed by atoms with Crippen molar-refractivity contribution in [3.05, 3.63) is 33.8 Å². The van der Waals surface area contributed by atoms with Crippen LogP contribution in [0.5, 0.6) is 0 Å². The van der Waals surface area contributed by atoms with Crippen molar-refractivity contribution in [2.75, 3.05) is 32.7 Å². The second kappa shape index (κ2) is 10.6. The van der Waals surface area contributed by atoms with Crippen LogP contribution in [0, 0.1) is 0 Å². The van der Waals surface area contributed by atoms with Gasteiger partial charge in [0.2, 0.25) is 5.91 Å². The van der Waals surface area contributed by atoms with E-state index >= 15 is 0 Å². The van der Waals surface area contributed by atoms with Gasteiger partial charge in [0.15, 0.2) is 0 Å². The lowest BCUT2D eigenvalue weighted by atomic mass is 10.1. The van der Waals surface area contributed by atoms with Gasteiger partial charge in [-0.05, 0) is 24.1 Å². The third kappa shape index (κ3) is 7.12. The average Bonchev–Trinajstić information content (AvgIpc) is 2.54. The van der Waals surface area contributed by atoms with Gasteiger partial charge >= 0.3 is 6.18 Å². The van der Waals surface area contributed by atoms with Crippen molar-refractivity contribution >= 4 is 41.5 Å². The molecule has 2 N–H and O–H groups in total. The van der Waals surface area contributed by atoms with Gasteiger partial charge in [-0.3, -0.25) is 9.69 Å². The first-order valence-electron chi connectivity index (χ1n) is 7.99. The van der Waals surface area contributed by atoms with Crippen molar-refractivity contribution in [1.82, 2.24) is 15.5 Å². The molecule has 0 aliphatic carbocycles. The molecule has 4 nitrogen and oxygen atoms in total. The zero-order valence-corrected chi connectivity index (χ0v) is 16.2. The molecule has 1 fully saturated rings. The van der Waals surface area contributed by atoms with Gasteiger partial charge in [0.05, 0.1) is 0 Å². The van der Waals surface area contributed by atoms with Gasteiger partial charge in [0, 0.05) is 49.2 Å². The Bertz CT molecular complexity index is 596. The number of amides is 1. The van der Waals surface area contributed by atoms with Crippen LogP contribution in [0.2, 0.25) is 10.0 Å². The fourth-order valence-corrected chi connectivity index (χ4v) is 3.22. The van der Waals surface area contributed by atoms with E-state index in [2.05, 4.69) is 10.6 Å². The highest BCUT2D eigenvalue weighted by Crippen LogP contribution is 2.25. The number of nitrogens with one attached hydrogen (secondary N) is 2. The fourth-order valence-electron chi connectivity index (χ4n) is 2.72. The number of carbonyl (C=O) groups excluding carboxylic acids is 1. The summed E-state index contributed by atoms with van der Waals surface area (Å²) in [4.78, 5) is 13.3. The van der Waals surface area contributed by atoms with Crippen LogP contribution in [0.3, 0.4) is 0 Å². The molecule has 1 aliphatic heterocycles. The minimum atomic E-state index is -4.38. The number of hydrogen-bond acceptors (Lipinski definition) is 3. The van der Waals surface area contributed by atoms with E-state index in [1.807, 2.05) is 0 Å². The summed E-state index contributed by atoms with van der Waals surface area (Å²) in [6.45, 7) is 1.18. The highest BCUT2D eigenvalue weighted by atomic mass is 35.5. The quantitative estimate of drug-likeness (QED) is 0.722. The second-order valence-corrected chi connectivity index (χ2v) is 6.73. The fraction of sp³-hybridized carbons (Fsp3) is 0.562. The minimum Gasteiger partial charge on any atom is -0.354 e. The third-order valence-electron chi connectivity index (χ3n) is 4.10. The van der Waals surface area contributed by atoms with E-state index < -0.39 is 24.7 Å². The van der Waals surface area contributed by atoms with Crippen LogP contribution in [-0.2, 0) is 11.2 Å². The molecule has 2 rings (SSSR count). The lowest BCUT2D eigenvalue weighted by molar-refractivity contribution is -0.184. The van der Waals surface area contributed by atoms with E-state index in [0.29, 0.717) is 42.6 Å². The molecule has 26 heavy (non-hydrogen) atoms. The van der Waals surface area contributed by atoms with Crippen molar-refractivity contribution in [3.63, 3.8) is 0 Å². The Kier molecular flexibility index (Phi) is 9.47. The molecule has 1 amide bonds. The summed E-state index contributed by atoms with van der Waals surface area (Å²) in [6.07, 6.45) is -3.98. The molecule has 0 bridgehead atoms. The molecule has 1 aromatic rings. The smallest absolute Gasteiger partial charge is 0.354 e. The first-order chi connectivity index (χ1) is 11.8. The van der Waals surface area contributed by atoms with Crippen LogP contribution < -0.4 is 10.6 Å². The molecule has 1 saturated heterocycles. The molecule has 0 aromatic heterocycles. The minimum absolute atomic E-state index is 0. The van der Waals surface area contributed by atoms with Crippen LogP contribution >= 0.6 is 35.6 Å². The molecule has 1 heterocycles. The van der Waals surface area contributed by atoms with Crippen molar-refractivity contribution < 1.29 is 18.0 Å². The Balaban J connectivity index is 0.00000338. The van der Waals surface area contributed by atoms with Crippen molar-refractivity contribution in [2.24, 2.45) is 0 Å². The Morgan fingerprint density at radius 3 is 2.50 bits per heavy atom. The zero-order valence-electron chi connectivity index (χ0n) is 13.9.